The summed E-state index contributed by atoms with van der Waals surface area (Å²) in [6, 6.07) is 17.7. The monoisotopic (exact) mass is 465 g/mol. The summed E-state index contributed by atoms with van der Waals surface area (Å²) in [5, 5.41) is 0.781. The molecule has 1 saturated carbocycles. The van der Waals surface area contributed by atoms with Crippen molar-refractivity contribution in [2.24, 2.45) is 0 Å². The minimum atomic E-state index is 0.0207. The van der Waals surface area contributed by atoms with E-state index in [-0.39, 0.29) is 23.4 Å². The fourth-order valence-corrected chi connectivity index (χ4v) is 6.98. The molecule has 2 aliphatic carbocycles. The van der Waals surface area contributed by atoms with Gasteiger partial charge in [0.2, 0.25) is 11.8 Å². The summed E-state index contributed by atoms with van der Waals surface area (Å²) in [6.45, 7) is 0. The van der Waals surface area contributed by atoms with E-state index in [0.717, 1.165) is 54.5 Å². The predicted molar refractivity (Wildman–Crippen MR) is 131 cm³/mol. The molecule has 2 aromatic carbocycles. The molecule has 0 radical (unpaired) electrons. The van der Waals surface area contributed by atoms with Gasteiger partial charge in [-0.05, 0) is 41.7 Å². The first-order valence-electron chi connectivity index (χ1n) is 12.3. The molecule has 33 heavy (non-hydrogen) atoms. The van der Waals surface area contributed by atoms with E-state index >= 15 is 0 Å². The Morgan fingerprint density at radius 2 is 1.55 bits per heavy atom. The van der Waals surface area contributed by atoms with E-state index in [2.05, 4.69) is 50.5 Å². The van der Waals surface area contributed by atoms with Gasteiger partial charge >= 0.3 is 0 Å². The smallest absolute Gasteiger partial charge is 0.229 e. The van der Waals surface area contributed by atoms with Crippen LogP contribution in [0, 0.1) is 0 Å². The summed E-state index contributed by atoms with van der Waals surface area (Å²) in [6.07, 6.45) is 7.71. The number of rotatable bonds is 5. The molecule has 2 fully saturated rings. The number of imide groups is 1. The number of benzene rings is 2. The third-order valence-electron chi connectivity index (χ3n) is 8.93. The van der Waals surface area contributed by atoms with Crippen molar-refractivity contribution in [3.63, 3.8) is 0 Å². The van der Waals surface area contributed by atoms with Gasteiger partial charge in [-0.25, -0.2) is 0 Å². The number of nitrogens with zero attached hydrogens (tertiary/aromatic N) is 2. The van der Waals surface area contributed by atoms with Gasteiger partial charge in [-0.1, -0.05) is 48.0 Å². The highest BCUT2D eigenvalue weighted by molar-refractivity contribution is 6.30. The molecular formula is C28H34ClN2O2+. The van der Waals surface area contributed by atoms with Gasteiger partial charge in [0.25, 0.3) is 0 Å². The van der Waals surface area contributed by atoms with Crippen LogP contribution in [0.5, 0.6) is 0 Å². The van der Waals surface area contributed by atoms with Gasteiger partial charge in [-0.3, -0.25) is 14.5 Å². The molecule has 1 heterocycles. The fourth-order valence-electron chi connectivity index (χ4n) is 6.76. The minimum absolute atomic E-state index is 0.0207. The predicted octanol–water partition coefficient (Wildman–Crippen LogP) is 4.96. The summed E-state index contributed by atoms with van der Waals surface area (Å²) in [5.74, 6) is 0.0414. The van der Waals surface area contributed by atoms with Crippen molar-refractivity contribution in [1.29, 1.82) is 0 Å². The molecule has 0 N–H and O–H groups in total. The standard InChI is InChI=1S/C28H34ClN2O2/c1-31(2,25-17-21-7-3-4-8-22(21)18-25)28(19-20-6-5-9-23(29)16-20)14-12-24(13-15-28)30-26(32)10-11-27(30)33/h3-9,16,24-25H,10-15,17-19H2,1-2H3/q+1. The fraction of sp³-hybridized carbons (Fsp3) is 0.500. The number of carbonyl (C=O) groups is 2. The molecule has 2 amide bonds. The first kappa shape index (κ1) is 22.6. The molecule has 0 aromatic heterocycles. The molecule has 4 nitrogen and oxygen atoms in total. The highest BCUT2D eigenvalue weighted by Gasteiger charge is 2.53. The number of amides is 2. The summed E-state index contributed by atoms with van der Waals surface area (Å²) < 4.78 is 0.947. The lowest BCUT2D eigenvalue weighted by Crippen LogP contribution is -2.67. The molecule has 1 saturated heterocycles. The molecule has 3 aliphatic rings. The van der Waals surface area contributed by atoms with Crippen molar-refractivity contribution in [2.45, 2.75) is 75.4 Å². The average molecular weight is 466 g/mol. The van der Waals surface area contributed by atoms with E-state index in [1.54, 1.807) is 4.90 Å². The maximum absolute atomic E-state index is 12.4. The van der Waals surface area contributed by atoms with E-state index in [0.29, 0.717) is 18.9 Å². The van der Waals surface area contributed by atoms with Crippen molar-refractivity contribution in [3.05, 3.63) is 70.2 Å². The number of hydrogen-bond donors (Lipinski definition) is 0. The van der Waals surface area contributed by atoms with Crippen LogP contribution in [0.1, 0.15) is 55.2 Å². The first-order chi connectivity index (χ1) is 15.8. The maximum atomic E-state index is 12.4. The second-order valence-electron chi connectivity index (χ2n) is 10.8. The second kappa shape index (κ2) is 8.56. The molecule has 0 unspecified atom stereocenters. The van der Waals surface area contributed by atoms with Gasteiger partial charge in [-0.15, -0.1) is 0 Å². The lowest BCUT2D eigenvalue weighted by atomic mass is 9.72. The normalized spacial score (nSPS) is 26.2. The Bertz CT molecular complexity index is 1030. The summed E-state index contributed by atoms with van der Waals surface area (Å²) >= 11 is 6.36. The van der Waals surface area contributed by atoms with Crippen LogP contribution in [0.3, 0.4) is 0 Å². The van der Waals surface area contributed by atoms with Crippen molar-refractivity contribution >= 4 is 23.4 Å². The molecule has 0 spiro atoms. The number of likely N-dealkylation sites (N-methyl/N-ethyl adjacent to an activating group) is 1. The quantitative estimate of drug-likeness (QED) is 0.462. The van der Waals surface area contributed by atoms with Gasteiger partial charge in [0.1, 0.15) is 5.54 Å². The van der Waals surface area contributed by atoms with Crippen molar-refractivity contribution in [2.75, 3.05) is 14.1 Å². The first-order valence-corrected chi connectivity index (χ1v) is 12.7. The molecule has 0 atom stereocenters. The van der Waals surface area contributed by atoms with Crippen molar-refractivity contribution < 1.29 is 14.1 Å². The third kappa shape index (κ3) is 4.02. The number of hydrogen-bond acceptors (Lipinski definition) is 2. The molecule has 5 rings (SSSR count). The van der Waals surface area contributed by atoms with Gasteiger partial charge in [0.05, 0.1) is 20.1 Å². The highest BCUT2D eigenvalue weighted by Crippen LogP contribution is 2.45. The number of halogens is 1. The summed E-state index contributed by atoms with van der Waals surface area (Å²) in [7, 11) is 4.82. The lowest BCUT2D eigenvalue weighted by molar-refractivity contribution is -0.965. The summed E-state index contributed by atoms with van der Waals surface area (Å²) in [4.78, 5) is 26.4. The van der Waals surface area contributed by atoms with Gasteiger partial charge in [0.15, 0.2) is 0 Å². The van der Waals surface area contributed by atoms with Crippen LogP contribution in [-0.4, -0.2) is 52.9 Å². The number of fused-ring (bicyclic) bond motifs is 1. The molecule has 174 valence electrons. The molecule has 5 heteroatoms. The topological polar surface area (TPSA) is 37.4 Å². The van der Waals surface area contributed by atoms with Crippen molar-refractivity contribution in [1.82, 2.24) is 4.90 Å². The minimum Gasteiger partial charge on any atom is -0.320 e. The Labute approximate surface area is 202 Å². The maximum Gasteiger partial charge on any atom is 0.229 e. The van der Waals surface area contributed by atoms with Gasteiger partial charge < -0.3 is 4.48 Å². The van der Waals surface area contributed by atoms with E-state index in [4.69, 9.17) is 11.6 Å². The van der Waals surface area contributed by atoms with Crippen LogP contribution >= 0.6 is 11.6 Å². The van der Waals surface area contributed by atoms with E-state index < -0.39 is 0 Å². The molecule has 1 aliphatic heterocycles. The van der Waals surface area contributed by atoms with Gasteiger partial charge in [0, 0.05) is 56.0 Å². The molecule has 0 bridgehead atoms. The van der Waals surface area contributed by atoms with E-state index in [1.165, 1.54) is 16.7 Å². The Morgan fingerprint density at radius 3 is 2.12 bits per heavy atom. The Hall–Kier alpha value is -2.17. The highest BCUT2D eigenvalue weighted by atomic mass is 35.5. The largest absolute Gasteiger partial charge is 0.320 e. The van der Waals surface area contributed by atoms with Crippen molar-refractivity contribution in [3.8, 4) is 0 Å². The Morgan fingerprint density at radius 1 is 0.939 bits per heavy atom. The zero-order chi connectivity index (χ0) is 23.2. The van der Waals surface area contributed by atoms with Crippen LogP contribution in [0.4, 0.5) is 0 Å². The Kier molecular flexibility index (Phi) is 5.86. The van der Waals surface area contributed by atoms with Crippen LogP contribution in [-0.2, 0) is 28.9 Å². The SMILES string of the molecule is C[N+](C)(C1Cc2ccccc2C1)C1(Cc2cccc(Cl)c2)CCC(N2C(=O)CCC2=O)CC1. The Balaban J connectivity index is 1.44. The zero-order valence-corrected chi connectivity index (χ0v) is 20.5. The average Bonchev–Trinajstić information content (AvgIpc) is 3.38. The zero-order valence-electron chi connectivity index (χ0n) is 19.7. The van der Waals surface area contributed by atoms with E-state index in [1.807, 2.05) is 12.1 Å². The molecular weight excluding hydrogens is 432 g/mol. The second-order valence-corrected chi connectivity index (χ2v) is 11.2. The number of carbonyl (C=O) groups excluding carboxylic acids is 2. The van der Waals surface area contributed by atoms with Crippen LogP contribution in [0.25, 0.3) is 0 Å². The summed E-state index contributed by atoms with van der Waals surface area (Å²) in [5.41, 5.74) is 4.28. The van der Waals surface area contributed by atoms with E-state index in [9.17, 15) is 9.59 Å². The number of quaternary nitrogens is 1. The lowest BCUT2D eigenvalue weighted by Gasteiger charge is -2.55. The third-order valence-corrected chi connectivity index (χ3v) is 9.16. The molecule has 2 aromatic rings. The number of likely N-dealkylation sites (tertiary alicyclic amines) is 1. The van der Waals surface area contributed by atoms with Gasteiger partial charge in [-0.2, -0.15) is 0 Å². The van der Waals surface area contributed by atoms with Crippen LogP contribution < -0.4 is 0 Å². The van der Waals surface area contributed by atoms with Crippen LogP contribution in [0.15, 0.2) is 48.5 Å². The van der Waals surface area contributed by atoms with Crippen LogP contribution in [0.2, 0.25) is 5.02 Å².